The van der Waals surface area contributed by atoms with Crippen LogP contribution in [0.5, 0.6) is 5.75 Å². The van der Waals surface area contributed by atoms with Crippen LogP contribution in [0, 0.1) is 20.8 Å². The highest BCUT2D eigenvalue weighted by Crippen LogP contribution is 2.23. The Kier molecular flexibility index (Phi) is 5.14. The molecule has 3 rings (SSSR count). The lowest BCUT2D eigenvalue weighted by molar-refractivity contribution is 0.102. The molecule has 0 fully saturated rings. The van der Waals surface area contributed by atoms with E-state index < -0.39 is 0 Å². The molecule has 4 nitrogen and oxygen atoms in total. The second kappa shape index (κ2) is 7.49. The van der Waals surface area contributed by atoms with E-state index in [0.717, 1.165) is 33.3 Å². The van der Waals surface area contributed by atoms with Crippen LogP contribution in [0.25, 0.3) is 0 Å². The standard InChI is InChI=1S/C20H20N2O2S/c1-13-9-10-14(2)17(11-13)22-20(23)19-15(3)21-18(25-19)12-24-16-7-5-4-6-8-16/h4-11H,12H2,1-3H3,(H,22,23). The van der Waals surface area contributed by atoms with Gasteiger partial charge >= 0.3 is 0 Å². The molecule has 0 atom stereocenters. The largest absolute Gasteiger partial charge is 0.486 e. The van der Waals surface area contributed by atoms with Crippen LogP contribution in [0.15, 0.2) is 48.5 Å². The molecule has 25 heavy (non-hydrogen) atoms. The van der Waals surface area contributed by atoms with Crippen molar-refractivity contribution in [3.63, 3.8) is 0 Å². The fraction of sp³-hybridized carbons (Fsp3) is 0.200. The van der Waals surface area contributed by atoms with Gasteiger partial charge in [0.05, 0.1) is 5.69 Å². The number of carbonyl (C=O) groups excluding carboxylic acids is 1. The summed E-state index contributed by atoms with van der Waals surface area (Å²) in [4.78, 5) is 17.7. The van der Waals surface area contributed by atoms with Crippen molar-refractivity contribution < 1.29 is 9.53 Å². The number of carbonyl (C=O) groups is 1. The Labute approximate surface area is 151 Å². The average Bonchev–Trinajstić information content (AvgIpc) is 2.98. The first-order chi connectivity index (χ1) is 12.0. The molecule has 1 N–H and O–H groups in total. The van der Waals surface area contributed by atoms with E-state index >= 15 is 0 Å². The van der Waals surface area contributed by atoms with Gasteiger partial charge in [-0.05, 0) is 50.1 Å². The van der Waals surface area contributed by atoms with Crippen LogP contribution in [-0.2, 0) is 6.61 Å². The van der Waals surface area contributed by atoms with Crippen LogP contribution in [-0.4, -0.2) is 10.9 Å². The maximum Gasteiger partial charge on any atom is 0.267 e. The van der Waals surface area contributed by atoms with Crippen molar-refractivity contribution >= 4 is 22.9 Å². The summed E-state index contributed by atoms with van der Waals surface area (Å²) in [5, 5.41) is 3.77. The number of aromatic nitrogens is 1. The van der Waals surface area contributed by atoms with Gasteiger partial charge in [0.1, 0.15) is 22.2 Å². The molecule has 3 aromatic rings. The zero-order valence-corrected chi connectivity index (χ0v) is 15.3. The number of nitrogens with zero attached hydrogens (tertiary/aromatic N) is 1. The number of hydrogen-bond donors (Lipinski definition) is 1. The summed E-state index contributed by atoms with van der Waals surface area (Å²) >= 11 is 1.37. The Morgan fingerprint density at radius 3 is 2.64 bits per heavy atom. The van der Waals surface area contributed by atoms with Gasteiger partial charge in [-0.15, -0.1) is 11.3 Å². The van der Waals surface area contributed by atoms with E-state index in [1.807, 2.05) is 69.3 Å². The minimum absolute atomic E-state index is 0.130. The second-order valence-corrected chi connectivity index (χ2v) is 6.98. The lowest BCUT2D eigenvalue weighted by atomic mass is 10.1. The molecule has 0 aliphatic rings. The van der Waals surface area contributed by atoms with Gasteiger partial charge in [0, 0.05) is 5.69 Å². The van der Waals surface area contributed by atoms with Gasteiger partial charge in [-0.3, -0.25) is 4.79 Å². The number of ether oxygens (including phenoxy) is 1. The Balaban J connectivity index is 1.71. The normalized spacial score (nSPS) is 10.5. The first kappa shape index (κ1) is 17.2. The summed E-state index contributed by atoms with van der Waals surface area (Å²) in [5.74, 6) is 0.659. The summed E-state index contributed by atoms with van der Waals surface area (Å²) in [5.41, 5.74) is 3.70. The molecule has 1 amide bonds. The summed E-state index contributed by atoms with van der Waals surface area (Å²) in [6, 6.07) is 15.6. The fourth-order valence-electron chi connectivity index (χ4n) is 2.44. The van der Waals surface area contributed by atoms with Crippen molar-refractivity contribution in [1.29, 1.82) is 0 Å². The molecule has 0 radical (unpaired) electrons. The van der Waals surface area contributed by atoms with E-state index in [1.54, 1.807) is 0 Å². The molecule has 0 aliphatic heterocycles. The Bertz CT molecular complexity index is 888. The minimum Gasteiger partial charge on any atom is -0.486 e. The Morgan fingerprint density at radius 2 is 1.88 bits per heavy atom. The number of anilines is 1. The van der Waals surface area contributed by atoms with Crippen LogP contribution in [0.3, 0.4) is 0 Å². The SMILES string of the molecule is Cc1ccc(C)c(NC(=O)c2sc(COc3ccccc3)nc2C)c1. The summed E-state index contributed by atoms with van der Waals surface area (Å²) in [6.45, 7) is 6.19. The second-order valence-electron chi connectivity index (χ2n) is 5.90. The van der Waals surface area contributed by atoms with Crippen LogP contribution < -0.4 is 10.1 Å². The maximum absolute atomic E-state index is 12.6. The average molecular weight is 352 g/mol. The Morgan fingerprint density at radius 1 is 1.12 bits per heavy atom. The lowest BCUT2D eigenvalue weighted by Gasteiger charge is -2.08. The molecule has 1 aromatic heterocycles. The van der Waals surface area contributed by atoms with Crippen molar-refractivity contribution in [1.82, 2.24) is 4.98 Å². The van der Waals surface area contributed by atoms with Gasteiger partial charge in [0.2, 0.25) is 0 Å². The number of para-hydroxylation sites is 1. The van der Waals surface area contributed by atoms with Gasteiger partial charge in [-0.1, -0.05) is 30.3 Å². The third-order valence-electron chi connectivity index (χ3n) is 3.79. The van der Waals surface area contributed by atoms with E-state index in [9.17, 15) is 4.79 Å². The summed E-state index contributed by atoms with van der Waals surface area (Å²) < 4.78 is 5.71. The van der Waals surface area contributed by atoms with Crippen molar-refractivity contribution in [3.05, 3.63) is 75.2 Å². The van der Waals surface area contributed by atoms with Crippen molar-refractivity contribution in [3.8, 4) is 5.75 Å². The molecule has 0 saturated carbocycles. The molecular weight excluding hydrogens is 332 g/mol. The number of aryl methyl sites for hydroxylation is 3. The molecular formula is C20H20N2O2S. The maximum atomic E-state index is 12.6. The van der Waals surface area contributed by atoms with E-state index in [-0.39, 0.29) is 5.91 Å². The number of hydrogen-bond acceptors (Lipinski definition) is 4. The first-order valence-electron chi connectivity index (χ1n) is 8.05. The molecule has 1 heterocycles. The van der Waals surface area contributed by atoms with Gasteiger partial charge in [-0.2, -0.15) is 0 Å². The summed E-state index contributed by atoms with van der Waals surface area (Å²) in [6.07, 6.45) is 0. The quantitative estimate of drug-likeness (QED) is 0.710. The topological polar surface area (TPSA) is 51.2 Å². The minimum atomic E-state index is -0.130. The van der Waals surface area contributed by atoms with Crippen molar-refractivity contribution in [2.75, 3.05) is 5.32 Å². The van der Waals surface area contributed by atoms with Crippen molar-refractivity contribution in [2.45, 2.75) is 27.4 Å². The van der Waals surface area contributed by atoms with Crippen molar-refractivity contribution in [2.24, 2.45) is 0 Å². The predicted molar refractivity (Wildman–Crippen MR) is 101 cm³/mol. The van der Waals surface area contributed by atoms with E-state index in [1.165, 1.54) is 11.3 Å². The third-order valence-corrected chi connectivity index (χ3v) is 4.92. The lowest BCUT2D eigenvalue weighted by Crippen LogP contribution is -2.12. The zero-order chi connectivity index (χ0) is 17.8. The van der Waals surface area contributed by atoms with E-state index in [4.69, 9.17) is 4.74 Å². The van der Waals surface area contributed by atoms with Crippen LogP contribution in [0.2, 0.25) is 0 Å². The molecule has 128 valence electrons. The highest BCUT2D eigenvalue weighted by Gasteiger charge is 2.16. The van der Waals surface area contributed by atoms with Gasteiger partial charge in [0.25, 0.3) is 5.91 Å². The molecule has 0 unspecified atom stereocenters. The molecule has 0 saturated heterocycles. The number of rotatable bonds is 5. The van der Waals surface area contributed by atoms with Gasteiger partial charge in [0.15, 0.2) is 0 Å². The molecule has 0 spiro atoms. The van der Waals surface area contributed by atoms with Gasteiger partial charge < -0.3 is 10.1 Å². The van der Waals surface area contributed by atoms with E-state index in [0.29, 0.717) is 11.5 Å². The fourth-order valence-corrected chi connectivity index (χ4v) is 3.31. The molecule has 5 heteroatoms. The van der Waals surface area contributed by atoms with Crippen LogP contribution in [0.1, 0.15) is 31.5 Å². The van der Waals surface area contributed by atoms with E-state index in [2.05, 4.69) is 10.3 Å². The summed E-state index contributed by atoms with van der Waals surface area (Å²) in [7, 11) is 0. The highest BCUT2D eigenvalue weighted by molar-refractivity contribution is 7.13. The third kappa shape index (κ3) is 4.25. The van der Waals surface area contributed by atoms with Gasteiger partial charge in [-0.25, -0.2) is 4.98 Å². The molecule has 2 aromatic carbocycles. The first-order valence-corrected chi connectivity index (χ1v) is 8.87. The molecule has 0 aliphatic carbocycles. The highest BCUT2D eigenvalue weighted by atomic mass is 32.1. The van der Waals surface area contributed by atoms with Crippen LogP contribution >= 0.6 is 11.3 Å². The smallest absolute Gasteiger partial charge is 0.267 e. The zero-order valence-electron chi connectivity index (χ0n) is 14.5. The Hall–Kier alpha value is -2.66. The van der Waals surface area contributed by atoms with Crippen LogP contribution in [0.4, 0.5) is 5.69 Å². The number of thiazole rings is 1. The molecule has 0 bridgehead atoms. The number of benzene rings is 2. The monoisotopic (exact) mass is 352 g/mol. The predicted octanol–water partition coefficient (Wildman–Crippen LogP) is 4.90. The number of nitrogens with one attached hydrogen (secondary N) is 1. The number of amides is 1.